The molecule has 0 aliphatic carbocycles. The number of hydrogen-bond acceptors (Lipinski definition) is 11. The molecule has 0 aliphatic rings. The number of hydrogen-bond donors (Lipinski definition) is 4. The van der Waals surface area contributed by atoms with E-state index in [1.54, 1.807) is 6.92 Å². The zero-order valence-corrected chi connectivity index (χ0v) is 22.0. The number of aromatic nitrogens is 4. The molecular weight excluding hydrogens is 520 g/mol. The number of methoxy groups -OCH3 is 1. The number of H-pyrrole nitrogens is 1. The van der Waals surface area contributed by atoms with Gasteiger partial charge < -0.3 is 36.0 Å². The molecule has 40 heavy (non-hydrogen) atoms. The van der Waals surface area contributed by atoms with Gasteiger partial charge in [0.1, 0.15) is 12.1 Å². The van der Waals surface area contributed by atoms with Crippen LogP contribution in [-0.2, 0) is 17.9 Å². The lowest BCUT2D eigenvalue weighted by molar-refractivity contribution is -0.385. The molecule has 6 N–H and O–H groups in total. The highest BCUT2D eigenvalue weighted by molar-refractivity contribution is 5.76. The van der Waals surface area contributed by atoms with Gasteiger partial charge in [0.05, 0.1) is 36.6 Å². The summed E-state index contributed by atoms with van der Waals surface area (Å²) in [6, 6.07) is 9.84. The second-order valence-corrected chi connectivity index (χ2v) is 8.93. The van der Waals surface area contributed by atoms with Gasteiger partial charge in [0, 0.05) is 19.0 Å². The summed E-state index contributed by atoms with van der Waals surface area (Å²) in [5.41, 5.74) is 14.6. The van der Waals surface area contributed by atoms with Crippen molar-refractivity contribution in [2.45, 2.75) is 39.0 Å². The number of anilines is 1. The lowest BCUT2D eigenvalue weighted by Gasteiger charge is -2.14. The van der Waals surface area contributed by atoms with Crippen LogP contribution in [0.1, 0.15) is 42.5 Å². The van der Waals surface area contributed by atoms with E-state index in [4.69, 9.17) is 25.7 Å². The predicted octanol–water partition coefficient (Wildman–Crippen LogP) is 2.93. The minimum Gasteiger partial charge on any atom is -0.493 e. The third kappa shape index (κ3) is 6.91. The highest BCUT2D eigenvalue weighted by atomic mass is 16.6. The predicted molar refractivity (Wildman–Crippen MR) is 146 cm³/mol. The van der Waals surface area contributed by atoms with E-state index < -0.39 is 11.0 Å². The minimum atomic E-state index is -0.547. The Labute approximate surface area is 229 Å². The monoisotopic (exact) mass is 550 g/mol. The molecule has 1 atom stereocenters. The summed E-state index contributed by atoms with van der Waals surface area (Å²) in [5.74, 6) is 0.810. The number of nitrogen functional groups attached to an aromatic ring is 1. The van der Waals surface area contributed by atoms with E-state index in [0.717, 1.165) is 11.1 Å². The van der Waals surface area contributed by atoms with Crippen molar-refractivity contribution in [1.82, 2.24) is 25.3 Å². The summed E-state index contributed by atoms with van der Waals surface area (Å²) in [6.45, 7) is 2.45. The van der Waals surface area contributed by atoms with Gasteiger partial charge in [0.2, 0.25) is 17.7 Å². The molecule has 0 bridgehead atoms. The highest BCUT2D eigenvalue weighted by Crippen LogP contribution is 2.37. The standard InChI is InChI=1S/C26H30N8O6/c1-15(27)18-10-20(38-2)21(11-19(18)34(36)37)39-9-3-4-22(35)29-12-16-5-7-17(8-6-16)13-40-25-23-24(31-14-30-23)32-26(28)33-25/h5-8,10-11,14-15H,3-4,9,12-13,27H2,1-2H3,(H,29,35)(H3,28,30,31,32,33). The van der Waals surface area contributed by atoms with Crippen LogP contribution < -0.4 is 31.0 Å². The smallest absolute Gasteiger partial charge is 0.278 e. The van der Waals surface area contributed by atoms with Gasteiger partial charge in [-0.3, -0.25) is 14.9 Å². The topological polar surface area (TPSA) is 206 Å². The van der Waals surface area contributed by atoms with Crippen LogP contribution in [-0.4, -0.2) is 44.5 Å². The van der Waals surface area contributed by atoms with Crippen molar-refractivity contribution in [2.75, 3.05) is 19.5 Å². The number of nitrogens with zero attached hydrogens (tertiary/aromatic N) is 4. The first-order valence-electron chi connectivity index (χ1n) is 12.4. The molecule has 2 aromatic heterocycles. The number of aromatic amines is 1. The van der Waals surface area contributed by atoms with Gasteiger partial charge in [-0.1, -0.05) is 24.3 Å². The van der Waals surface area contributed by atoms with Crippen molar-refractivity contribution >= 4 is 28.7 Å². The fourth-order valence-corrected chi connectivity index (χ4v) is 3.90. The first-order valence-corrected chi connectivity index (χ1v) is 12.4. The molecule has 0 spiro atoms. The second kappa shape index (κ2) is 12.7. The molecule has 14 nitrogen and oxygen atoms in total. The molecule has 0 saturated carbocycles. The number of benzene rings is 2. The van der Waals surface area contributed by atoms with Crippen LogP contribution in [0.25, 0.3) is 11.2 Å². The maximum atomic E-state index is 12.3. The maximum Gasteiger partial charge on any atom is 0.278 e. The molecule has 4 aromatic rings. The Morgan fingerprint density at radius 3 is 2.60 bits per heavy atom. The van der Waals surface area contributed by atoms with E-state index in [1.807, 2.05) is 24.3 Å². The molecule has 1 unspecified atom stereocenters. The summed E-state index contributed by atoms with van der Waals surface area (Å²) in [6.07, 6.45) is 2.12. The van der Waals surface area contributed by atoms with E-state index in [9.17, 15) is 14.9 Å². The molecule has 0 aliphatic heterocycles. The molecule has 0 fully saturated rings. The molecule has 4 rings (SSSR count). The van der Waals surface area contributed by atoms with Gasteiger partial charge in [-0.25, -0.2) is 4.98 Å². The quantitative estimate of drug-likeness (QED) is 0.108. The fourth-order valence-electron chi connectivity index (χ4n) is 3.90. The van der Waals surface area contributed by atoms with Gasteiger partial charge in [-0.05, 0) is 30.5 Å². The van der Waals surface area contributed by atoms with Crippen LogP contribution in [0.15, 0.2) is 42.7 Å². The van der Waals surface area contributed by atoms with Crippen LogP contribution >= 0.6 is 0 Å². The zero-order chi connectivity index (χ0) is 28.6. The summed E-state index contributed by atoms with van der Waals surface area (Å²) < 4.78 is 16.8. The summed E-state index contributed by atoms with van der Waals surface area (Å²) in [4.78, 5) is 38.4. The molecule has 2 heterocycles. The number of carbonyl (C=O) groups excluding carboxylic acids is 1. The maximum absolute atomic E-state index is 12.3. The number of rotatable bonds is 13. The number of nitrogens with two attached hydrogens (primary N) is 2. The molecule has 210 valence electrons. The zero-order valence-electron chi connectivity index (χ0n) is 22.0. The fraction of sp³-hybridized carbons (Fsp3) is 0.308. The number of imidazole rings is 1. The van der Waals surface area contributed by atoms with Crippen LogP contribution in [0.5, 0.6) is 17.4 Å². The van der Waals surface area contributed by atoms with E-state index in [1.165, 1.54) is 25.6 Å². The SMILES string of the molecule is COc1cc(C(C)N)c([N+](=O)[O-])cc1OCCCC(=O)NCc1ccc(COc2nc(N)nc3nc[nH]c23)cc1. The number of ether oxygens (including phenoxy) is 3. The first kappa shape index (κ1) is 28.0. The molecule has 1 amide bonds. The normalized spacial score (nSPS) is 11.7. The summed E-state index contributed by atoms with van der Waals surface area (Å²) in [7, 11) is 1.44. The van der Waals surface area contributed by atoms with Crippen molar-refractivity contribution in [3.8, 4) is 17.4 Å². The van der Waals surface area contributed by atoms with Crippen LogP contribution in [0.4, 0.5) is 11.6 Å². The van der Waals surface area contributed by atoms with Gasteiger partial charge in [-0.2, -0.15) is 9.97 Å². The number of carbonyl (C=O) groups is 1. The van der Waals surface area contributed by atoms with E-state index >= 15 is 0 Å². The summed E-state index contributed by atoms with van der Waals surface area (Å²) >= 11 is 0. The Morgan fingerprint density at radius 2 is 1.90 bits per heavy atom. The van der Waals surface area contributed by atoms with E-state index in [2.05, 4.69) is 25.3 Å². The van der Waals surface area contributed by atoms with Crippen molar-refractivity contribution in [3.63, 3.8) is 0 Å². The Balaban J connectivity index is 1.22. The minimum absolute atomic E-state index is 0.0757. The molecular formula is C26H30N8O6. The second-order valence-electron chi connectivity index (χ2n) is 8.93. The van der Waals surface area contributed by atoms with Gasteiger partial charge in [-0.15, -0.1) is 0 Å². The van der Waals surface area contributed by atoms with Crippen LogP contribution in [0.2, 0.25) is 0 Å². The molecule has 0 saturated heterocycles. The lowest BCUT2D eigenvalue weighted by atomic mass is 10.1. The third-order valence-corrected chi connectivity index (χ3v) is 5.96. The third-order valence-electron chi connectivity index (χ3n) is 5.96. The Bertz CT molecular complexity index is 1490. The largest absolute Gasteiger partial charge is 0.493 e. The van der Waals surface area contributed by atoms with Crippen molar-refractivity contribution in [1.29, 1.82) is 0 Å². The van der Waals surface area contributed by atoms with Gasteiger partial charge in [0.25, 0.3) is 5.69 Å². The number of nitrogens with one attached hydrogen (secondary N) is 2. The number of amides is 1. The average Bonchev–Trinajstić information content (AvgIpc) is 3.41. The van der Waals surface area contributed by atoms with Gasteiger partial charge in [0.15, 0.2) is 17.1 Å². The molecule has 2 aromatic carbocycles. The van der Waals surface area contributed by atoms with E-state index in [0.29, 0.717) is 41.3 Å². The Morgan fingerprint density at radius 1 is 1.15 bits per heavy atom. The first-order chi connectivity index (χ1) is 19.2. The van der Waals surface area contributed by atoms with Crippen molar-refractivity contribution in [3.05, 3.63) is 69.5 Å². The number of fused-ring (bicyclic) bond motifs is 1. The van der Waals surface area contributed by atoms with Crippen molar-refractivity contribution < 1.29 is 23.9 Å². The highest BCUT2D eigenvalue weighted by Gasteiger charge is 2.22. The molecule has 14 heteroatoms. The number of nitro groups is 1. The Kier molecular flexibility index (Phi) is 8.91. The van der Waals surface area contributed by atoms with Crippen LogP contribution in [0, 0.1) is 10.1 Å². The van der Waals surface area contributed by atoms with E-state index in [-0.39, 0.29) is 42.9 Å². The number of nitro benzene ring substituents is 1. The lowest BCUT2D eigenvalue weighted by Crippen LogP contribution is -2.23. The van der Waals surface area contributed by atoms with Crippen LogP contribution in [0.3, 0.4) is 0 Å². The Hall–Kier alpha value is -4.98. The molecule has 0 radical (unpaired) electrons. The average molecular weight is 551 g/mol. The van der Waals surface area contributed by atoms with Gasteiger partial charge >= 0.3 is 0 Å². The summed E-state index contributed by atoms with van der Waals surface area (Å²) in [5, 5.41) is 14.3. The van der Waals surface area contributed by atoms with Crippen molar-refractivity contribution in [2.24, 2.45) is 5.73 Å².